The van der Waals surface area contributed by atoms with E-state index in [1.165, 1.54) is 0 Å². The van der Waals surface area contributed by atoms with Crippen LogP contribution in [-0.4, -0.2) is 53.6 Å². The maximum absolute atomic E-state index is 12.5. The van der Waals surface area contributed by atoms with Crippen LogP contribution in [0.4, 0.5) is 4.79 Å². The average Bonchev–Trinajstić information content (AvgIpc) is 2.66. The summed E-state index contributed by atoms with van der Waals surface area (Å²) < 4.78 is 16.7. The van der Waals surface area contributed by atoms with Gasteiger partial charge in [0.05, 0.1) is 36.9 Å². The summed E-state index contributed by atoms with van der Waals surface area (Å²) in [5.41, 5.74) is 7.86. The third-order valence-corrected chi connectivity index (χ3v) is 4.79. The molecular weight excluding hydrogens is 372 g/mol. The summed E-state index contributed by atoms with van der Waals surface area (Å²) in [4.78, 5) is 21.4. The van der Waals surface area contributed by atoms with E-state index in [1.54, 1.807) is 19.4 Å². The van der Waals surface area contributed by atoms with Crippen LogP contribution in [-0.2, 0) is 15.9 Å². The van der Waals surface area contributed by atoms with Crippen LogP contribution in [0.5, 0.6) is 5.88 Å². The second-order valence-electron chi connectivity index (χ2n) is 8.36. The van der Waals surface area contributed by atoms with E-state index in [0.29, 0.717) is 18.9 Å². The first-order chi connectivity index (χ1) is 13.7. The molecule has 1 fully saturated rings. The molecule has 3 heterocycles. The highest BCUT2D eigenvalue weighted by Crippen LogP contribution is 2.23. The van der Waals surface area contributed by atoms with Crippen molar-refractivity contribution in [2.75, 3.05) is 13.7 Å². The molecule has 3 rings (SSSR count). The van der Waals surface area contributed by atoms with Gasteiger partial charge in [-0.15, -0.1) is 0 Å². The normalized spacial score (nSPS) is 20.9. The molecule has 2 aromatic heterocycles. The zero-order valence-electron chi connectivity index (χ0n) is 17.5. The Kier molecular flexibility index (Phi) is 6.54. The van der Waals surface area contributed by atoms with E-state index >= 15 is 0 Å². The molecule has 1 saturated heterocycles. The fourth-order valence-corrected chi connectivity index (χ4v) is 3.42. The van der Waals surface area contributed by atoms with Crippen LogP contribution in [0.3, 0.4) is 0 Å². The van der Waals surface area contributed by atoms with Crippen molar-refractivity contribution in [3.8, 4) is 5.88 Å². The molecule has 2 aromatic rings. The molecule has 3 atom stereocenters. The molecule has 3 N–H and O–H groups in total. The molecule has 1 aliphatic heterocycles. The largest absolute Gasteiger partial charge is 0.481 e. The van der Waals surface area contributed by atoms with Crippen LogP contribution in [0.15, 0.2) is 24.4 Å². The second kappa shape index (κ2) is 8.92. The standard InChI is InChI=1S/C21H30N4O4/c1-21(2,3)29-20(26)24-16(17-7-5-14(22)12-28-17)11-13-9-10-23-15-6-8-18(27-4)25-19(13)15/h6,8-10,14,16-17H,5,7,11-12,22H2,1-4H3,(H,24,26)/t14-,16?,17+/m1/s1. The molecule has 29 heavy (non-hydrogen) atoms. The molecular formula is C21H30N4O4. The summed E-state index contributed by atoms with van der Waals surface area (Å²) in [6.45, 7) is 5.99. The van der Waals surface area contributed by atoms with Gasteiger partial charge < -0.3 is 25.3 Å². The summed E-state index contributed by atoms with van der Waals surface area (Å²) in [5.74, 6) is 0.517. The Morgan fingerprint density at radius 1 is 1.34 bits per heavy atom. The average molecular weight is 402 g/mol. The quantitative estimate of drug-likeness (QED) is 0.791. The topological polar surface area (TPSA) is 109 Å². The van der Waals surface area contributed by atoms with Crippen molar-refractivity contribution < 1.29 is 19.0 Å². The van der Waals surface area contributed by atoms with Gasteiger partial charge in [-0.25, -0.2) is 9.78 Å². The Labute approximate surface area is 171 Å². The molecule has 8 nitrogen and oxygen atoms in total. The minimum absolute atomic E-state index is 0.0288. The van der Waals surface area contributed by atoms with Gasteiger partial charge in [-0.2, -0.15) is 0 Å². The molecule has 1 aliphatic rings. The summed E-state index contributed by atoms with van der Waals surface area (Å²) in [6.07, 6.45) is 3.26. The molecule has 0 aliphatic carbocycles. The van der Waals surface area contributed by atoms with Gasteiger partial charge in [-0.3, -0.25) is 4.98 Å². The van der Waals surface area contributed by atoms with Crippen molar-refractivity contribution in [1.29, 1.82) is 0 Å². The Morgan fingerprint density at radius 2 is 2.14 bits per heavy atom. The van der Waals surface area contributed by atoms with Crippen molar-refractivity contribution in [2.45, 2.75) is 63.8 Å². The number of pyridine rings is 2. The number of amides is 1. The number of aromatic nitrogens is 2. The van der Waals surface area contributed by atoms with Gasteiger partial charge in [0, 0.05) is 18.3 Å². The van der Waals surface area contributed by atoms with Gasteiger partial charge in [0.15, 0.2) is 0 Å². The van der Waals surface area contributed by atoms with Crippen LogP contribution in [0.2, 0.25) is 0 Å². The Balaban J connectivity index is 1.86. The first-order valence-electron chi connectivity index (χ1n) is 9.90. The molecule has 0 spiro atoms. The fourth-order valence-electron chi connectivity index (χ4n) is 3.42. The summed E-state index contributed by atoms with van der Waals surface area (Å²) in [5, 5.41) is 2.99. The fraction of sp³-hybridized carbons (Fsp3) is 0.571. The number of nitrogens with one attached hydrogen (secondary N) is 1. The monoisotopic (exact) mass is 402 g/mol. The van der Waals surface area contributed by atoms with Crippen molar-refractivity contribution >= 4 is 17.1 Å². The third-order valence-electron chi connectivity index (χ3n) is 4.79. The highest BCUT2D eigenvalue weighted by Gasteiger charge is 2.30. The number of carbonyl (C=O) groups is 1. The van der Waals surface area contributed by atoms with E-state index in [-0.39, 0.29) is 18.2 Å². The van der Waals surface area contributed by atoms with E-state index in [0.717, 1.165) is 29.4 Å². The zero-order valence-corrected chi connectivity index (χ0v) is 17.5. The predicted molar refractivity (Wildman–Crippen MR) is 110 cm³/mol. The molecule has 158 valence electrons. The lowest BCUT2D eigenvalue weighted by Crippen LogP contribution is -2.50. The van der Waals surface area contributed by atoms with Crippen LogP contribution < -0.4 is 15.8 Å². The smallest absolute Gasteiger partial charge is 0.407 e. The number of fused-ring (bicyclic) bond motifs is 1. The Morgan fingerprint density at radius 3 is 2.79 bits per heavy atom. The lowest BCUT2D eigenvalue weighted by Gasteiger charge is -2.34. The van der Waals surface area contributed by atoms with Gasteiger partial charge in [0.25, 0.3) is 0 Å². The number of hydrogen-bond donors (Lipinski definition) is 2. The molecule has 8 heteroatoms. The number of ether oxygens (including phenoxy) is 3. The summed E-state index contributed by atoms with van der Waals surface area (Å²) >= 11 is 0. The Hall–Kier alpha value is -2.45. The maximum atomic E-state index is 12.5. The number of hydrogen-bond acceptors (Lipinski definition) is 7. The van der Waals surface area contributed by atoms with E-state index in [4.69, 9.17) is 19.9 Å². The number of rotatable bonds is 5. The van der Waals surface area contributed by atoms with Crippen LogP contribution in [0.25, 0.3) is 11.0 Å². The number of nitrogens with zero attached hydrogens (tertiary/aromatic N) is 2. The number of methoxy groups -OCH3 is 1. The van der Waals surface area contributed by atoms with Crippen molar-refractivity contribution in [1.82, 2.24) is 15.3 Å². The van der Waals surface area contributed by atoms with Gasteiger partial charge >= 0.3 is 6.09 Å². The molecule has 0 radical (unpaired) electrons. The molecule has 0 aromatic carbocycles. The van der Waals surface area contributed by atoms with Crippen LogP contribution in [0.1, 0.15) is 39.2 Å². The Bertz CT molecular complexity index is 844. The second-order valence-corrected chi connectivity index (χ2v) is 8.36. The van der Waals surface area contributed by atoms with Crippen LogP contribution >= 0.6 is 0 Å². The van der Waals surface area contributed by atoms with Crippen molar-refractivity contribution in [3.05, 3.63) is 30.0 Å². The number of carbonyl (C=O) groups excluding carboxylic acids is 1. The molecule has 0 saturated carbocycles. The van der Waals surface area contributed by atoms with Gasteiger partial charge in [0.1, 0.15) is 5.60 Å². The van der Waals surface area contributed by atoms with Gasteiger partial charge in [-0.05, 0) is 57.7 Å². The minimum atomic E-state index is -0.581. The lowest BCUT2D eigenvalue weighted by molar-refractivity contribution is -0.0203. The highest BCUT2D eigenvalue weighted by atomic mass is 16.6. The zero-order chi connectivity index (χ0) is 21.0. The maximum Gasteiger partial charge on any atom is 0.407 e. The molecule has 1 unspecified atom stereocenters. The summed E-state index contributed by atoms with van der Waals surface area (Å²) in [7, 11) is 1.58. The molecule has 0 bridgehead atoms. The first kappa shape index (κ1) is 21.3. The van der Waals surface area contributed by atoms with E-state index < -0.39 is 11.7 Å². The van der Waals surface area contributed by atoms with E-state index in [1.807, 2.05) is 32.9 Å². The first-order valence-corrected chi connectivity index (χ1v) is 9.90. The van der Waals surface area contributed by atoms with E-state index in [9.17, 15) is 4.79 Å². The third kappa shape index (κ3) is 5.77. The highest BCUT2D eigenvalue weighted by molar-refractivity contribution is 5.78. The number of alkyl carbamates (subject to hydrolysis) is 1. The summed E-state index contributed by atoms with van der Waals surface area (Å²) in [6, 6.07) is 5.31. The predicted octanol–water partition coefficient (Wildman–Crippen LogP) is 2.58. The van der Waals surface area contributed by atoms with Crippen molar-refractivity contribution in [3.63, 3.8) is 0 Å². The van der Waals surface area contributed by atoms with Crippen LogP contribution in [0, 0.1) is 0 Å². The van der Waals surface area contributed by atoms with E-state index in [2.05, 4.69) is 15.3 Å². The number of nitrogens with two attached hydrogens (primary N) is 1. The lowest BCUT2D eigenvalue weighted by atomic mass is 9.94. The minimum Gasteiger partial charge on any atom is -0.481 e. The van der Waals surface area contributed by atoms with Gasteiger partial charge in [-0.1, -0.05) is 0 Å². The molecule has 1 amide bonds. The van der Waals surface area contributed by atoms with Crippen molar-refractivity contribution in [2.24, 2.45) is 5.73 Å². The SMILES string of the molecule is COc1ccc2nccc(CC(NC(=O)OC(C)(C)C)[C@@H]3CC[C@@H](N)CO3)c2n1. The van der Waals surface area contributed by atoms with Gasteiger partial charge in [0.2, 0.25) is 5.88 Å².